The molecule has 78 valence electrons. The van der Waals surface area contributed by atoms with Gasteiger partial charge in [-0.3, -0.25) is 0 Å². The number of carbonyl (C=O) groups is 1. The Hall–Kier alpha value is -0.890. The van der Waals surface area contributed by atoms with Crippen molar-refractivity contribution in [1.29, 1.82) is 0 Å². The molecule has 0 spiro atoms. The minimum atomic E-state index is -1.78. The van der Waals surface area contributed by atoms with Crippen LogP contribution in [0.2, 0.25) is 0 Å². The van der Waals surface area contributed by atoms with Crippen molar-refractivity contribution in [3.05, 3.63) is 0 Å². The van der Waals surface area contributed by atoms with Crippen molar-refractivity contribution in [2.45, 2.75) is 16.8 Å². The van der Waals surface area contributed by atoms with E-state index in [-0.39, 0.29) is 11.7 Å². The molecule has 5 nitrogen and oxygen atoms in total. The van der Waals surface area contributed by atoms with Gasteiger partial charge in [0.25, 0.3) is 0 Å². The quantitative estimate of drug-likeness (QED) is 0.623. The molecule has 1 aromatic rings. The Labute approximate surface area is 87.8 Å². The van der Waals surface area contributed by atoms with Crippen LogP contribution in [0, 0.1) is 0 Å². The number of hydrogen-bond donors (Lipinski definition) is 1. The first-order valence-corrected chi connectivity index (χ1v) is 5.39. The first-order chi connectivity index (χ1) is 6.63. The van der Waals surface area contributed by atoms with Gasteiger partial charge in [-0.05, 0) is 18.7 Å². The number of anilines is 1. The molecule has 1 rings (SSSR count). The molecule has 0 radical (unpaired) electrons. The highest BCUT2D eigenvalue weighted by Crippen LogP contribution is 2.28. The van der Waals surface area contributed by atoms with E-state index in [0.717, 1.165) is 11.3 Å². The van der Waals surface area contributed by atoms with Gasteiger partial charge in [-0.2, -0.15) is 0 Å². The van der Waals surface area contributed by atoms with Gasteiger partial charge in [0.15, 0.2) is 4.34 Å². The second kappa shape index (κ2) is 5.11. The first-order valence-electron chi connectivity index (χ1n) is 3.69. The van der Waals surface area contributed by atoms with Crippen LogP contribution in [0.1, 0.15) is 6.92 Å². The van der Waals surface area contributed by atoms with E-state index in [4.69, 9.17) is 5.73 Å². The molecule has 14 heavy (non-hydrogen) atoms. The van der Waals surface area contributed by atoms with Crippen molar-refractivity contribution in [1.82, 2.24) is 10.2 Å². The molecular formula is C6H8FN3O2S2. The Kier molecular flexibility index (Phi) is 4.08. The molecule has 0 fully saturated rings. The number of rotatable bonds is 4. The lowest BCUT2D eigenvalue weighted by molar-refractivity contribution is -0.145. The molecule has 0 saturated carbocycles. The summed E-state index contributed by atoms with van der Waals surface area (Å²) >= 11 is 1.66. The zero-order chi connectivity index (χ0) is 10.6. The number of esters is 1. The summed E-state index contributed by atoms with van der Waals surface area (Å²) in [6.45, 7) is 1.76. The number of ether oxygens (including phenoxy) is 1. The van der Waals surface area contributed by atoms with Crippen molar-refractivity contribution in [3.8, 4) is 0 Å². The lowest BCUT2D eigenvalue weighted by Gasteiger charge is -2.03. The number of alkyl halides is 1. The van der Waals surface area contributed by atoms with E-state index in [1.54, 1.807) is 6.92 Å². The Morgan fingerprint density at radius 2 is 2.50 bits per heavy atom. The number of aromatic nitrogens is 2. The number of carbonyl (C=O) groups excluding carboxylic acids is 1. The van der Waals surface area contributed by atoms with Crippen LogP contribution >= 0.6 is 23.1 Å². The number of halogens is 1. The van der Waals surface area contributed by atoms with Gasteiger partial charge < -0.3 is 10.5 Å². The molecule has 1 unspecified atom stereocenters. The standard InChI is InChI=1S/C6H8FN3O2S2/c1-2-12-4(11)3(7)13-6-10-9-5(8)14-6/h3H,2H2,1H3,(H2,8,9). The second-order valence-electron chi connectivity index (χ2n) is 2.09. The topological polar surface area (TPSA) is 78.1 Å². The van der Waals surface area contributed by atoms with Gasteiger partial charge in [-0.15, -0.1) is 10.2 Å². The summed E-state index contributed by atoms with van der Waals surface area (Å²) in [5.74, 6) is -0.911. The summed E-state index contributed by atoms with van der Waals surface area (Å²) in [6, 6.07) is 0. The summed E-state index contributed by atoms with van der Waals surface area (Å²) in [7, 11) is 0. The third kappa shape index (κ3) is 3.11. The zero-order valence-electron chi connectivity index (χ0n) is 7.27. The van der Waals surface area contributed by atoms with Crippen LogP contribution < -0.4 is 5.73 Å². The zero-order valence-corrected chi connectivity index (χ0v) is 8.90. The van der Waals surface area contributed by atoms with Crippen molar-refractivity contribution in [3.63, 3.8) is 0 Å². The fourth-order valence-electron chi connectivity index (χ4n) is 0.612. The fraction of sp³-hybridized carbons (Fsp3) is 0.500. The third-order valence-electron chi connectivity index (χ3n) is 1.10. The molecule has 0 aromatic carbocycles. The van der Waals surface area contributed by atoms with Gasteiger partial charge >= 0.3 is 5.97 Å². The predicted molar refractivity (Wildman–Crippen MR) is 51.7 cm³/mol. The molecule has 1 atom stereocenters. The van der Waals surface area contributed by atoms with Crippen LogP contribution in [0.3, 0.4) is 0 Å². The highest BCUT2D eigenvalue weighted by molar-refractivity contribution is 8.02. The summed E-state index contributed by atoms with van der Waals surface area (Å²) in [5, 5.41) is 7.28. The van der Waals surface area contributed by atoms with Gasteiger partial charge in [-0.1, -0.05) is 11.3 Å². The Morgan fingerprint density at radius 1 is 1.79 bits per heavy atom. The molecular weight excluding hydrogens is 229 g/mol. The minimum absolute atomic E-state index is 0.151. The molecule has 0 saturated heterocycles. The number of nitrogen functional groups attached to an aromatic ring is 1. The third-order valence-corrected chi connectivity index (χ3v) is 2.87. The maximum Gasteiger partial charge on any atom is 0.351 e. The van der Waals surface area contributed by atoms with Crippen molar-refractivity contribution in [2.24, 2.45) is 0 Å². The van der Waals surface area contributed by atoms with Crippen LogP contribution in [0.4, 0.5) is 9.52 Å². The number of nitrogens with two attached hydrogens (primary N) is 1. The van der Waals surface area contributed by atoms with Crippen molar-refractivity contribution >= 4 is 34.2 Å². The summed E-state index contributed by atoms with van der Waals surface area (Å²) in [4.78, 5) is 10.9. The van der Waals surface area contributed by atoms with E-state index in [0.29, 0.717) is 16.1 Å². The van der Waals surface area contributed by atoms with E-state index < -0.39 is 11.5 Å². The Morgan fingerprint density at radius 3 is 3.00 bits per heavy atom. The lowest BCUT2D eigenvalue weighted by atomic mass is 10.7. The maximum atomic E-state index is 13.1. The molecule has 0 amide bonds. The van der Waals surface area contributed by atoms with Crippen molar-refractivity contribution < 1.29 is 13.9 Å². The Bertz CT molecular complexity index is 320. The molecule has 0 bridgehead atoms. The summed E-state index contributed by atoms with van der Waals surface area (Å²) in [6.07, 6.45) is 0. The van der Waals surface area contributed by atoms with Crippen LogP contribution in [0.25, 0.3) is 0 Å². The van der Waals surface area contributed by atoms with Gasteiger partial charge in [0.2, 0.25) is 10.6 Å². The van der Waals surface area contributed by atoms with Gasteiger partial charge in [-0.25, -0.2) is 9.18 Å². The van der Waals surface area contributed by atoms with Crippen molar-refractivity contribution in [2.75, 3.05) is 12.3 Å². The minimum Gasteiger partial charge on any atom is -0.463 e. The summed E-state index contributed by atoms with van der Waals surface area (Å²) in [5.41, 5.74) is 3.51. The first kappa shape index (κ1) is 11.2. The normalized spacial score (nSPS) is 12.4. The highest BCUT2D eigenvalue weighted by Gasteiger charge is 2.21. The monoisotopic (exact) mass is 237 g/mol. The smallest absolute Gasteiger partial charge is 0.351 e. The fourth-order valence-corrected chi connectivity index (χ4v) is 2.09. The van der Waals surface area contributed by atoms with E-state index >= 15 is 0 Å². The van der Waals surface area contributed by atoms with Crippen LogP contribution in [-0.4, -0.2) is 28.3 Å². The van der Waals surface area contributed by atoms with E-state index in [2.05, 4.69) is 14.9 Å². The number of thioether (sulfide) groups is 1. The SMILES string of the molecule is CCOC(=O)C(F)Sc1nnc(N)s1. The predicted octanol–water partition coefficient (Wildman–Crippen LogP) is 1.07. The van der Waals surface area contributed by atoms with Gasteiger partial charge in [0.1, 0.15) is 0 Å². The molecule has 1 heterocycles. The van der Waals surface area contributed by atoms with Gasteiger partial charge in [0, 0.05) is 0 Å². The maximum absolute atomic E-state index is 13.1. The second-order valence-corrected chi connectivity index (χ2v) is 4.40. The molecule has 1 aromatic heterocycles. The molecule has 2 N–H and O–H groups in total. The molecule has 0 aliphatic rings. The van der Waals surface area contributed by atoms with E-state index in [9.17, 15) is 9.18 Å². The molecule has 8 heteroatoms. The van der Waals surface area contributed by atoms with Crippen LogP contribution in [-0.2, 0) is 9.53 Å². The average molecular weight is 237 g/mol. The largest absolute Gasteiger partial charge is 0.463 e. The molecule has 0 aliphatic heterocycles. The highest BCUT2D eigenvalue weighted by atomic mass is 32.2. The number of hydrogen-bond acceptors (Lipinski definition) is 7. The van der Waals surface area contributed by atoms with Crippen LogP contribution in [0.15, 0.2) is 4.34 Å². The average Bonchev–Trinajstić information content (AvgIpc) is 2.51. The van der Waals surface area contributed by atoms with Crippen LogP contribution in [0.5, 0.6) is 0 Å². The molecule has 0 aliphatic carbocycles. The van der Waals surface area contributed by atoms with E-state index in [1.807, 2.05) is 0 Å². The summed E-state index contributed by atoms with van der Waals surface area (Å²) < 4.78 is 17.8. The van der Waals surface area contributed by atoms with E-state index in [1.165, 1.54) is 0 Å². The lowest BCUT2D eigenvalue weighted by Crippen LogP contribution is -2.15. The van der Waals surface area contributed by atoms with Gasteiger partial charge in [0.05, 0.1) is 6.61 Å². The Balaban J connectivity index is 2.48. The number of nitrogens with zero attached hydrogens (tertiary/aromatic N) is 2.